The lowest BCUT2D eigenvalue weighted by Crippen LogP contribution is -2.32. The van der Waals surface area contributed by atoms with Crippen LogP contribution in [0.5, 0.6) is 0 Å². The zero-order valence-corrected chi connectivity index (χ0v) is 18.9. The highest BCUT2D eigenvalue weighted by molar-refractivity contribution is 6.30. The Morgan fingerprint density at radius 2 is 1.76 bits per heavy atom. The molecule has 2 aromatic heterocycles. The zero-order valence-electron chi connectivity index (χ0n) is 18.2. The molecule has 0 aliphatic heterocycles. The Kier molecular flexibility index (Phi) is 6.35. The van der Waals surface area contributed by atoms with Gasteiger partial charge in [-0.1, -0.05) is 16.8 Å². The monoisotopic (exact) mass is 481 g/mol. The van der Waals surface area contributed by atoms with Gasteiger partial charge in [-0.25, -0.2) is 4.39 Å². The van der Waals surface area contributed by atoms with E-state index < -0.39 is 0 Å². The number of hydrogen-bond acceptors (Lipinski definition) is 7. The molecule has 0 saturated heterocycles. The van der Waals surface area contributed by atoms with Gasteiger partial charge in [-0.05, 0) is 67.8 Å². The van der Waals surface area contributed by atoms with Crippen molar-refractivity contribution in [2.24, 2.45) is 0 Å². The van der Waals surface area contributed by atoms with Crippen molar-refractivity contribution in [2.45, 2.75) is 44.7 Å². The largest absolute Gasteiger partial charge is 0.419 e. The Labute approximate surface area is 199 Å². The topological polar surface area (TPSA) is 98.2 Å². The molecular weight excluding hydrogens is 461 g/mol. The van der Waals surface area contributed by atoms with Gasteiger partial charge >= 0.3 is 0 Å². The van der Waals surface area contributed by atoms with Gasteiger partial charge in [0, 0.05) is 35.0 Å². The van der Waals surface area contributed by atoms with Crippen molar-refractivity contribution in [3.8, 4) is 22.8 Å². The van der Waals surface area contributed by atoms with Crippen LogP contribution in [0.1, 0.15) is 37.5 Å². The summed E-state index contributed by atoms with van der Waals surface area (Å²) in [6.45, 7) is 0.277. The maximum Gasteiger partial charge on any atom is 0.247 e. The first-order valence-electron chi connectivity index (χ1n) is 11.0. The maximum absolute atomic E-state index is 13.1. The van der Waals surface area contributed by atoms with Gasteiger partial charge in [0.05, 0.1) is 6.54 Å². The summed E-state index contributed by atoms with van der Waals surface area (Å²) < 4.78 is 24.1. The van der Waals surface area contributed by atoms with E-state index in [0.717, 1.165) is 18.4 Å². The standard InChI is InChI=1S/C24H21ClFN5O3/c25-17-8-4-16(5-9-17)24-29-28-21(33-24)14-31(19-12-13-19)22(32)3-1-2-20-27-23(30-34-20)15-6-10-18(26)11-7-15/h4-11,19H,1-3,12-14H2. The van der Waals surface area contributed by atoms with Gasteiger partial charge in [0.2, 0.25) is 29.4 Å². The summed E-state index contributed by atoms with van der Waals surface area (Å²) in [7, 11) is 0. The summed E-state index contributed by atoms with van der Waals surface area (Å²) in [5, 5.41) is 12.8. The number of rotatable bonds is 9. The van der Waals surface area contributed by atoms with Crippen molar-refractivity contribution in [3.05, 3.63) is 71.2 Å². The second-order valence-corrected chi connectivity index (χ2v) is 8.57. The van der Waals surface area contributed by atoms with E-state index in [1.165, 1.54) is 12.1 Å². The molecule has 174 valence electrons. The number of carbonyl (C=O) groups is 1. The van der Waals surface area contributed by atoms with Crippen molar-refractivity contribution < 1.29 is 18.1 Å². The van der Waals surface area contributed by atoms with E-state index in [1.807, 2.05) is 12.1 Å². The number of hydrogen-bond donors (Lipinski definition) is 0. The summed E-state index contributed by atoms with van der Waals surface area (Å²) in [6, 6.07) is 13.2. The van der Waals surface area contributed by atoms with Crippen LogP contribution in [-0.4, -0.2) is 37.2 Å². The van der Waals surface area contributed by atoms with Crippen molar-refractivity contribution in [1.82, 2.24) is 25.2 Å². The molecule has 5 rings (SSSR count). The molecule has 0 N–H and O–H groups in total. The Hall–Kier alpha value is -3.59. The first kappa shape index (κ1) is 22.2. The average molecular weight is 482 g/mol. The molecule has 4 aromatic rings. The van der Waals surface area contributed by atoms with E-state index in [4.69, 9.17) is 20.5 Å². The van der Waals surface area contributed by atoms with Crippen LogP contribution in [0.2, 0.25) is 5.02 Å². The van der Waals surface area contributed by atoms with Crippen molar-refractivity contribution in [1.29, 1.82) is 0 Å². The summed E-state index contributed by atoms with van der Waals surface area (Å²) >= 11 is 5.93. The van der Waals surface area contributed by atoms with Gasteiger partial charge < -0.3 is 13.8 Å². The minimum Gasteiger partial charge on any atom is -0.419 e. The Balaban J connectivity index is 1.16. The molecule has 0 atom stereocenters. The lowest BCUT2D eigenvalue weighted by molar-refractivity contribution is -0.132. The SMILES string of the molecule is O=C(CCCc1nc(-c2ccc(F)cc2)no1)N(Cc1nnc(-c2ccc(Cl)cc2)o1)C1CC1. The molecule has 1 aliphatic carbocycles. The number of carbonyl (C=O) groups excluding carboxylic acids is 1. The highest BCUT2D eigenvalue weighted by Crippen LogP contribution is 2.30. The quantitative estimate of drug-likeness (QED) is 0.328. The van der Waals surface area contributed by atoms with Crippen LogP contribution < -0.4 is 0 Å². The van der Waals surface area contributed by atoms with Crippen LogP contribution in [0.15, 0.2) is 57.5 Å². The van der Waals surface area contributed by atoms with Gasteiger partial charge in [-0.3, -0.25) is 4.79 Å². The molecule has 34 heavy (non-hydrogen) atoms. The molecule has 8 nitrogen and oxygen atoms in total. The lowest BCUT2D eigenvalue weighted by Gasteiger charge is -2.20. The normalized spacial score (nSPS) is 13.2. The number of nitrogens with zero attached hydrogens (tertiary/aromatic N) is 5. The molecule has 0 bridgehead atoms. The number of benzene rings is 2. The lowest BCUT2D eigenvalue weighted by atomic mass is 10.2. The van der Waals surface area contributed by atoms with Gasteiger partial charge in [-0.15, -0.1) is 10.2 Å². The molecule has 2 aromatic carbocycles. The molecule has 0 spiro atoms. The summed E-state index contributed by atoms with van der Waals surface area (Å²) in [4.78, 5) is 19.1. The molecule has 1 amide bonds. The molecule has 2 heterocycles. The van der Waals surface area contributed by atoms with Crippen molar-refractivity contribution >= 4 is 17.5 Å². The molecule has 1 fully saturated rings. The minimum absolute atomic E-state index is 0.0204. The smallest absolute Gasteiger partial charge is 0.247 e. The van der Waals surface area contributed by atoms with E-state index in [-0.39, 0.29) is 24.3 Å². The summed E-state index contributed by atoms with van der Waals surface area (Å²) in [5.74, 6) is 1.32. The second kappa shape index (κ2) is 9.72. The molecule has 1 aliphatic rings. The van der Waals surface area contributed by atoms with E-state index >= 15 is 0 Å². The van der Waals surface area contributed by atoms with E-state index in [1.54, 1.807) is 29.2 Å². The maximum atomic E-state index is 13.1. The molecule has 0 unspecified atom stereocenters. The van der Waals surface area contributed by atoms with E-state index in [0.29, 0.717) is 53.3 Å². The Morgan fingerprint density at radius 1 is 1.03 bits per heavy atom. The van der Waals surface area contributed by atoms with Gasteiger partial charge in [0.15, 0.2) is 0 Å². The molecular formula is C24H21ClFN5O3. The van der Waals surface area contributed by atoms with Crippen LogP contribution in [0.25, 0.3) is 22.8 Å². The number of aromatic nitrogens is 4. The molecule has 10 heteroatoms. The van der Waals surface area contributed by atoms with Crippen LogP contribution in [0, 0.1) is 5.82 Å². The van der Waals surface area contributed by atoms with Crippen LogP contribution in [-0.2, 0) is 17.8 Å². The minimum atomic E-state index is -0.326. The predicted octanol–water partition coefficient (Wildman–Crippen LogP) is 5.09. The fraction of sp³-hybridized carbons (Fsp3) is 0.292. The third-order valence-electron chi connectivity index (χ3n) is 5.52. The van der Waals surface area contributed by atoms with Crippen LogP contribution in [0.3, 0.4) is 0 Å². The third-order valence-corrected chi connectivity index (χ3v) is 5.78. The zero-order chi connectivity index (χ0) is 23.5. The number of halogens is 2. The Bertz CT molecular complexity index is 1270. The predicted molar refractivity (Wildman–Crippen MR) is 121 cm³/mol. The molecule has 0 radical (unpaired) electrons. The fourth-order valence-electron chi connectivity index (χ4n) is 3.59. The first-order valence-corrected chi connectivity index (χ1v) is 11.4. The van der Waals surface area contributed by atoms with Crippen LogP contribution in [0.4, 0.5) is 4.39 Å². The number of amides is 1. The highest BCUT2D eigenvalue weighted by atomic mass is 35.5. The summed E-state index contributed by atoms with van der Waals surface area (Å²) in [6.07, 6.45) is 3.30. The number of aryl methyl sites for hydroxylation is 1. The van der Waals surface area contributed by atoms with Gasteiger partial charge in [-0.2, -0.15) is 4.98 Å². The van der Waals surface area contributed by atoms with E-state index in [2.05, 4.69) is 20.3 Å². The van der Waals surface area contributed by atoms with Crippen LogP contribution >= 0.6 is 11.6 Å². The summed E-state index contributed by atoms with van der Waals surface area (Å²) in [5.41, 5.74) is 1.44. The van der Waals surface area contributed by atoms with E-state index in [9.17, 15) is 9.18 Å². The Morgan fingerprint density at radius 3 is 2.50 bits per heavy atom. The highest BCUT2D eigenvalue weighted by Gasteiger charge is 2.33. The molecule has 1 saturated carbocycles. The fourth-order valence-corrected chi connectivity index (χ4v) is 3.71. The van der Waals surface area contributed by atoms with Crippen molar-refractivity contribution in [2.75, 3.05) is 0 Å². The van der Waals surface area contributed by atoms with Crippen molar-refractivity contribution in [3.63, 3.8) is 0 Å². The first-order chi connectivity index (χ1) is 16.5. The third kappa shape index (κ3) is 5.31. The van der Waals surface area contributed by atoms with Gasteiger partial charge in [0.1, 0.15) is 5.82 Å². The second-order valence-electron chi connectivity index (χ2n) is 8.13. The average Bonchev–Trinajstić information content (AvgIpc) is 3.38. The van der Waals surface area contributed by atoms with Gasteiger partial charge in [0.25, 0.3) is 0 Å².